The van der Waals surface area contributed by atoms with Gasteiger partial charge in [0.25, 0.3) is 0 Å². The number of aliphatic hydroxyl groups is 1. The second-order valence-electron chi connectivity index (χ2n) is 7.19. The quantitative estimate of drug-likeness (QED) is 0.902. The number of ether oxygens (including phenoxy) is 1. The van der Waals surface area contributed by atoms with E-state index in [1.165, 1.54) is 19.2 Å². The molecule has 0 bridgehead atoms. The van der Waals surface area contributed by atoms with Gasteiger partial charge in [-0.2, -0.15) is 13.2 Å². The second kappa shape index (κ2) is 6.29. The van der Waals surface area contributed by atoms with Crippen LogP contribution in [0.3, 0.4) is 0 Å². The van der Waals surface area contributed by atoms with Gasteiger partial charge in [0.1, 0.15) is 0 Å². The minimum Gasteiger partial charge on any atom is -0.387 e. The Morgan fingerprint density at radius 1 is 1.12 bits per heavy atom. The number of nitrogens with zero attached hydrogens (tertiary/aromatic N) is 1. The van der Waals surface area contributed by atoms with Crippen molar-refractivity contribution in [2.75, 3.05) is 25.2 Å². The highest BCUT2D eigenvalue weighted by Gasteiger charge is 2.51. The Hall–Kier alpha value is -1.60. The molecule has 0 unspecified atom stereocenters. The van der Waals surface area contributed by atoms with Crippen molar-refractivity contribution in [3.05, 3.63) is 29.8 Å². The SMILES string of the molecule is COCC1(O)CCC2(CCN(c3ccc(C(F)(F)F)cc3)C2=O)CC1. The number of hydrogen-bond donors (Lipinski definition) is 1. The van der Waals surface area contributed by atoms with E-state index in [-0.39, 0.29) is 12.5 Å². The first kappa shape index (κ1) is 18.2. The van der Waals surface area contributed by atoms with E-state index in [2.05, 4.69) is 0 Å². The molecule has 1 heterocycles. The van der Waals surface area contributed by atoms with Crippen molar-refractivity contribution in [1.82, 2.24) is 0 Å². The minimum atomic E-state index is -4.38. The van der Waals surface area contributed by atoms with Gasteiger partial charge in [-0.25, -0.2) is 0 Å². The number of carbonyl (C=O) groups excluding carboxylic acids is 1. The molecule has 2 fully saturated rings. The van der Waals surface area contributed by atoms with E-state index in [9.17, 15) is 23.1 Å². The maximum atomic E-state index is 12.9. The Morgan fingerprint density at radius 3 is 2.24 bits per heavy atom. The Bertz CT molecular complexity index is 634. The Balaban J connectivity index is 1.72. The van der Waals surface area contributed by atoms with Crippen LogP contribution in [0, 0.1) is 5.41 Å². The van der Waals surface area contributed by atoms with Crippen molar-refractivity contribution in [3.8, 4) is 0 Å². The van der Waals surface area contributed by atoms with Crippen LogP contribution in [0.25, 0.3) is 0 Å². The largest absolute Gasteiger partial charge is 0.416 e. The third-order valence-electron chi connectivity index (χ3n) is 5.57. The van der Waals surface area contributed by atoms with Crippen molar-refractivity contribution in [2.45, 2.75) is 43.9 Å². The number of alkyl halides is 3. The zero-order chi connectivity index (χ0) is 18.3. The molecule has 0 aromatic heterocycles. The van der Waals surface area contributed by atoms with Gasteiger partial charge in [0.2, 0.25) is 5.91 Å². The van der Waals surface area contributed by atoms with E-state index < -0.39 is 22.8 Å². The summed E-state index contributed by atoms with van der Waals surface area (Å²) in [7, 11) is 1.54. The van der Waals surface area contributed by atoms with Crippen molar-refractivity contribution < 1.29 is 27.8 Å². The van der Waals surface area contributed by atoms with E-state index in [1.807, 2.05) is 0 Å². The number of amides is 1. The first-order valence-corrected chi connectivity index (χ1v) is 8.40. The van der Waals surface area contributed by atoms with Crippen molar-refractivity contribution in [2.24, 2.45) is 5.41 Å². The molecule has 1 aliphatic carbocycles. The zero-order valence-electron chi connectivity index (χ0n) is 14.1. The molecule has 1 aliphatic heterocycles. The van der Waals surface area contributed by atoms with E-state index in [1.54, 1.807) is 4.90 Å². The second-order valence-corrected chi connectivity index (χ2v) is 7.19. The molecule has 1 saturated carbocycles. The highest BCUT2D eigenvalue weighted by atomic mass is 19.4. The molecule has 0 radical (unpaired) electrons. The number of halogens is 3. The highest BCUT2D eigenvalue weighted by molar-refractivity contribution is 6.00. The molecular weight excluding hydrogens is 335 g/mol. The van der Waals surface area contributed by atoms with E-state index >= 15 is 0 Å². The Kier molecular flexibility index (Phi) is 4.58. The van der Waals surface area contributed by atoms with Crippen LogP contribution in [0.1, 0.15) is 37.7 Å². The van der Waals surface area contributed by atoms with Gasteiger partial charge in [-0.1, -0.05) is 0 Å². The lowest BCUT2D eigenvalue weighted by Gasteiger charge is -2.40. The van der Waals surface area contributed by atoms with Gasteiger partial charge in [0, 0.05) is 19.3 Å². The molecular formula is C18H22F3NO3. The summed E-state index contributed by atoms with van der Waals surface area (Å²) in [5, 5.41) is 10.4. The number of carbonyl (C=O) groups is 1. The van der Waals surface area contributed by atoms with Gasteiger partial charge >= 0.3 is 6.18 Å². The van der Waals surface area contributed by atoms with Gasteiger partial charge in [0.15, 0.2) is 0 Å². The number of hydrogen-bond acceptors (Lipinski definition) is 3. The monoisotopic (exact) mass is 357 g/mol. The molecule has 25 heavy (non-hydrogen) atoms. The topological polar surface area (TPSA) is 49.8 Å². The third kappa shape index (κ3) is 3.40. The average Bonchev–Trinajstić information content (AvgIpc) is 2.87. The predicted octanol–water partition coefficient (Wildman–Crippen LogP) is 3.38. The van der Waals surface area contributed by atoms with Crippen LogP contribution in [0.2, 0.25) is 0 Å². The lowest BCUT2D eigenvalue weighted by atomic mass is 9.68. The molecule has 1 amide bonds. The Morgan fingerprint density at radius 2 is 1.72 bits per heavy atom. The van der Waals surface area contributed by atoms with Crippen LogP contribution in [-0.2, 0) is 15.7 Å². The maximum absolute atomic E-state index is 12.9. The fraction of sp³-hybridized carbons (Fsp3) is 0.611. The first-order chi connectivity index (χ1) is 11.7. The van der Waals surface area contributed by atoms with Crippen LogP contribution >= 0.6 is 0 Å². The minimum absolute atomic E-state index is 0.0493. The standard InChI is InChI=1S/C18H22F3NO3/c1-25-12-17(24)8-6-16(7-9-17)10-11-22(15(16)23)14-4-2-13(3-5-14)18(19,20)21/h2-5,24H,6-12H2,1H3. The molecule has 1 N–H and O–H groups in total. The molecule has 1 aromatic rings. The van der Waals surface area contributed by atoms with Gasteiger partial charge in [-0.15, -0.1) is 0 Å². The predicted molar refractivity (Wildman–Crippen MR) is 86.1 cm³/mol. The Labute approximate surface area is 144 Å². The van der Waals surface area contributed by atoms with Crippen molar-refractivity contribution in [1.29, 1.82) is 0 Å². The smallest absolute Gasteiger partial charge is 0.387 e. The molecule has 1 saturated heterocycles. The number of methoxy groups -OCH3 is 1. The summed E-state index contributed by atoms with van der Waals surface area (Å²) < 4.78 is 43.1. The summed E-state index contributed by atoms with van der Waals surface area (Å²) in [5.41, 5.74) is -1.63. The van der Waals surface area contributed by atoms with Crippen LogP contribution < -0.4 is 4.90 Å². The van der Waals surface area contributed by atoms with Gasteiger partial charge < -0.3 is 14.7 Å². The van der Waals surface area contributed by atoms with Gasteiger partial charge in [0.05, 0.1) is 23.2 Å². The third-order valence-corrected chi connectivity index (χ3v) is 5.57. The first-order valence-electron chi connectivity index (χ1n) is 8.40. The van der Waals surface area contributed by atoms with Gasteiger partial charge in [-0.3, -0.25) is 4.79 Å². The lowest BCUT2D eigenvalue weighted by Crippen LogP contribution is -2.45. The molecule has 1 spiro atoms. The fourth-order valence-electron chi connectivity index (χ4n) is 3.97. The van der Waals surface area contributed by atoms with Crippen LogP contribution in [0.5, 0.6) is 0 Å². The molecule has 4 nitrogen and oxygen atoms in total. The molecule has 138 valence electrons. The van der Waals surface area contributed by atoms with E-state index in [4.69, 9.17) is 4.74 Å². The maximum Gasteiger partial charge on any atom is 0.416 e. The number of anilines is 1. The summed E-state index contributed by atoms with van der Waals surface area (Å²) in [4.78, 5) is 14.5. The molecule has 1 aromatic carbocycles. The fourth-order valence-corrected chi connectivity index (χ4v) is 3.97. The lowest BCUT2D eigenvalue weighted by molar-refractivity contribution is -0.137. The molecule has 7 heteroatoms. The zero-order valence-corrected chi connectivity index (χ0v) is 14.1. The van der Waals surface area contributed by atoms with E-state index in [0.717, 1.165) is 12.1 Å². The normalized spacial score (nSPS) is 30.3. The highest BCUT2D eigenvalue weighted by Crippen LogP contribution is 2.48. The summed E-state index contributed by atoms with van der Waals surface area (Å²) in [6, 6.07) is 4.71. The van der Waals surface area contributed by atoms with Crippen molar-refractivity contribution in [3.63, 3.8) is 0 Å². The van der Waals surface area contributed by atoms with Crippen LogP contribution in [0.4, 0.5) is 18.9 Å². The van der Waals surface area contributed by atoms with Gasteiger partial charge in [-0.05, 0) is 56.4 Å². The number of benzene rings is 1. The van der Waals surface area contributed by atoms with E-state index in [0.29, 0.717) is 44.3 Å². The summed E-state index contributed by atoms with van der Waals surface area (Å²) >= 11 is 0. The molecule has 3 rings (SSSR count). The molecule has 0 atom stereocenters. The summed E-state index contributed by atoms with van der Waals surface area (Å²) in [6.07, 6.45) is -1.59. The molecule has 2 aliphatic rings. The van der Waals surface area contributed by atoms with Crippen LogP contribution in [0.15, 0.2) is 24.3 Å². The average molecular weight is 357 g/mol. The summed E-state index contributed by atoms with van der Waals surface area (Å²) in [5.74, 6) is -0.0493. The van der Waals surface area contributed by atoms with Crippen molar-refractivity contribution >= 4 is 11.6 Å². The summed E-state index contributed by atoms with van der Waals surface area (Å²) in [6.45, 7) is 0.743. The van der Waals surface area contributed by atoms with Crippen LogP contribution in [-0.4, -0.2) is 36.9 Å². The number of rotatable bonds is 3.